The molecule has 2 atom stereocenters. The van der Waals surface area contributed by atoms with Crippen LogP contribution in [0.1, 0.15) is 13.8 Å². The largest absolute Gasteiger partial charge is 0.487 e. The van der Waals surface area contributed by atoms with E-state index in [1.807, 2.05) is 0 Å². The van der Waals surface area contributed by atoms with E-state index in [0.29, 0.717) is 16.8 Å². The van der Waals surface area contributed by atoms with Crippen molar-refractivity contribution in [2.24, 2.45) is 5.92 Å². The highest BCUT2D eigenvalue weighted by molar-refractivity contribution is 7.90. The van der Waals surface area contributed by atoms with Crippen LogP contribution < -0.4 is 10.3 Å². The minimum atomic E-state index is -3.37. The summed E-state index contributed by atoms with van der Waals surface area (Å²) >= 11 is 0. The third-order valence-corrected chi connectivity index (χ3v) is 6.04. The SMILES string of the molecule is CC(O)C(C)COc1c(-c2ccc(S(C)(=O)=O)cc2)cnn(-c2ccc(F)cc2)c1=O. The molecule has 0 aliphatic rings. The highest BCUT2D eigenvalue weighted by atomic mass is 32.2. The number of aromatic nitrogens is 2. The maximum atomic E-state index is 13.3. The van der Waals surface area contributed by atoms with Crippen molar-refractivity contribution in [3.8, 4) is 22.6 Å². The molecule has 3 aromatic rings. The monoisotopic (exact) mass is 446 g/mol. The molecule has 0 aliphatic heterocycles. The number of aliphatic hydroxyl groups is 1. The van der Waals surface area contributed by atoms with Crippen molar-refractivity contribution >= 4 is 9.84 Å². The number of hydrogen-bond donors (Lipinski definition) is 1. The fraction of sp³-hybridized carbons (Fsp3) is 0.273. The zero-order chi connectivity index (χ0) is 22.8. The maximum absolute atomic E-state index is 13.3. The predicted molar refractivity (Wildman–Crippen MR) is 115 cm³/mol. The van der Waals surface area contributed by atoms with Gasteiger partial charge in [0.05, 0.1) is 29.5 Å². The summed E-state index contributed by atoms with van der Waals surface area (Å²) in [6.07, 6.45) is 1.90. The van der Waals surface area contributed by atoms with Gasteiger partial charge in [0.1, 0.15) is 5.82 Å². The molecule has 2 unspecified atom stereocenters. The zero-order valence-electron chi connectivity index (χ0n) is 17.3. The Balaban J connectivity index is 2.10. The Bertz CT molecular complexity index is 1220. The third-order valence-electron chi connectivity index (χ3n) is 4.91. The van der Waals surface area contributed by atoms with Crippen molar-refractivity contribution in [3.63, 3.8) is 0 Å². The summed E-state index contributed by atoms with van der Waals surface area (Å²) in [6, 6.07) is 11.3. The Kier molecular flexibility index (Phi) is 6.56. The van der Waals surface area contributed by atoms with Gasteiger partial charge >= 0.3 is 5.56 Å². The molecule has 0 saturated carbocycles. The molecular formula is C22H23FN2O5S. The van der Waals surface area contributed by atoms with Gasteiger partial charge < -0.3 is 9.84 Å². The molecule has 31 heavy (non-hydrogen) atoms. The lowest BCUT2D eigenvalue weighted by atomic mass is 10.1. The molecular weight excluding hydrogens is 423 g/mol. The molecule has 0 aliphatic carbocycles. The van der Waals surface area contributed by atoms with Gasteiger partial charge in [0, 0.05) is 17.7 Å². The lowest BCUT2D eigenvalue weighted by molar-refractivity contribution is 0.0987. The van der Waals surface area contributed by atoms with E-state index in [1.165, 1.54) is 42.6 Å². The molecule has 0 saturated heterocycles. The second kappa shape index (κ2) is 8.99. The van der Waals surface area contributed by atoms with E-state index in [0.717, 1.165) is 10.9 Å². The highest BCUT2D eigenvalue weighted by Gasteiger charge is 2.19. The van der Waals surface area contributed by atoms with E-state index in [-0.39, 0.29) is 23.2 Å². The van der Waals surface area contributed by atoms with Gasteiger partial charge in [0.25, 0.3) is 0 Å². The van der Waals surface area contributed by atoms with Crippen LogP contribution in [-0.4, -0.2) is 42.3 Å². The summed E-state index contributed by atoms with van der Waals surface area (Å²) in [6.45, 7) is 3.49. The Hall–Kier alpha value is -3.04. The molecule has 0 radical (unpaired) electrons. The second-order valence-corrected chi connectivity index (χ2v) is 9.42. The fourth-order valence-electron chi connectivity index (χ4n) is 2.78. The Morgan fingerprint density at radius 3 is 2.26 bits per heavy atom. The minimum absolute atomic E-state index is 0.000990. The quantitative estimate of drug-likeness (QED) is 0.599. The number of sulfone groups is 1. The summed E-state index contributed by atoms with van der Waals surface area (Å²) in [4.78, 5) is 13.3. The molecule has 7 nitrogen and oxygen atoms in total. The van der Waals surface area contributed by atoms with Crippen LogP contribution in [0.2, 0.25) is 0 Å². The zero-order valence-corrected chi connectivity index (χ0v) is 18.1. The van der Waals surface area contributed by atoms with Gasteiger partial charge in [-0.2, -0.15) is 9.78 Å². The normalized spacial score (nSPS) is 13.6. The first-order valence-electron chi connectivity index (χ1n) is 9.57. The molecule has 9 heteroatoms. The first kappa shape index (κ1) is 22.6. The molecule has 0 spiro atoms. The molecule has 1 heterocycles. The van der Waals surface area contributed by atoms with Gasteiger partial charge in [-0.3, -0.25) is 4.79 Å². The molecule has 1 aromatic heterocycles. The van der Waals surface area contributed by atoms with E-state index in [1.54, 1.807) is 26.0 Å². The molecule has 0 amide bonds. The topological polar surface area (TPSA) is 98.5 Å². The van der Waals surface area contributed by atoms with Crippen LogP contribution >= 0.6 is 0 Å². The number of halogens is 1. The lowest BCUT2D eigenvalue weighted by Crippen LogP contribution is -2.27. The van der Waals surface area contributed by atoms with Gasteiger partial charge in [0.15, 0.2) is 15.6 Å². The molecule has 0 fully saturated rings. The van der Waals surface area contributed by atoms with Crippen molar-refractivity contribution in [1.29, 1.82) is 0 Å². The number of hydrogen-bond acceptors (Lipinski definition) is 6. The first-order chi connectivity index (χ1) is 14.6. The van der Waals surface area contributed by atoms with Crippen LogP contribution in [0, 0.1) is 11.7 Å². The van der Waals surface area contributed by atoms with Crippen molar-refractivity contribution in [3.05, 3.63) is 70.9 Å². The van der Waals surface area contributed by atoms with Crippen molar-refractivity contribution in [2.75, 3.05) is 12.9 Å². The van der Waals surface area contributed by atoms with E-state index >= 15 is 0 Å². The number of ether oxygens (including phenoxy) is 1. The summed E-state index contributed by atoms with van der Waals surface area (Å²) in [5, 5.41) is 13.9. The van der Waals surface area contributed by atoms with E-state index in [2.05, 4.69) is 5.10 Å². The van der Waals surface area contributed by atoms with Crippen molar-refractivity contribution < 1.29 is 22.7 Å². The Labute approximate surface area is 179 Å². The molecule has 3 rings (SSSR count). The molecule has 0 bridgehead atoms. The standard InChI is InChI=1S/C22H23FN2O5S/c1-14(15(2)26)13-30-21-20(16-4-10-19(11-5-16)31(3,28)29)12-24-25(22(21)27)18-8-6-17(23)7-9-18/h4-12,14-15,26H,13H2,1-3H3. The molecule has 164 valence electrons. The van der Waals surface area contributed by atoms with E-state index in [9.17, 15) is 22.7 Å². The number of aliphatic hydroxyl groups excluding tert-OH is 1. The average Bonchev–Trinajstić information content (AvgIpc) is 2.72. The van der Waals surface area contributed by atoms with Crippen LogP contribution in [0.4, 0.5) is 4.39 Å². The Morgan fingerprint density at radius 1 is 1.10 bits per heavy atom. The second-order valence-electron chi connectivity index (χ2n) is 7.41. The van der Waals surface area contributed by atoms with E-state index < -0.39 is 27.3 Å². The van der Waals surface area contributed by atoms with Gasteiger partial charge in [-0.05, 0) is 48.9 Å². The van der Waals surface area contributed by atoms with Gasteiger partial charge in [-0.15, -0.1) is 0 Å². The summed E-state index contributed by atoms with van der Waals surface area (Å²) < 4.78 is 43.6. The minimum Gasteiger partial charge on any atom is -0.487 e. The first-order valence-corrected chi connectivity index (χ1v) is 11.5. The van der Waals surface area contributed by atoms with Crippen LogP contribution in [-0.2, 0) is 9.84 Å². The maximum Gasteiger partial charge on any atom is 0.314 e. The number of benzene rings is 2. The smallest absolute Gasteiger partial charge is 0.314 e. The van der Waals surface area contributed by atoms with Crippen LogP contribution in [0.3, 0.4) is 0 Å². The van der Waals surface area contributed by atoms with Gasteiger partial charge in [-0.25, -0.2) is 12.8 Å². The average molecular weight is 447 g/mol. The Morgan fingerprint density at radius 2 is 1.71 bits per heavy atom. The number of rotatable bonds is 7. The highest BCUT2D eigenvalue weighted by Crippen LogP contribution is 2.28. The van der Waals surface area contributed by atoms with Crippen LogP contribution in [0.15, 0.2) is 64.4 Å². The van der Waals surface area contributed by atoms with Crippen LogP contribution in [0.5, 0.6) is 5.75 Å². The molecule has 2 aromatic carbocycles. The molecule has 1 N–H and O–H groups in total. The van der Waals surface area contributed by atoms with Crippen molar-refractivity contribution in [1.82, 2.24) is 9.78 Å². The van der Waals surface area contributed by atoms with Crippen LogP contribution in [0.25, 0.3) is 16.8 Å². The lowest BCUT2D eigenvalue weighted by Gasteiger charge is -2.18. The van der Waals surface area contributed by atoms with Crippen molar-refractivity contribution in [2.45, 2.75) is 24.8 Å². The summed E-state index contributed by atoms with van der Waals surface area (Å²) in [7, 11) is -3.37. The third kappa shape index (κ3) is 5.18. The van der Waals surface area contributed by atoms with Gasteiger partial charge in [-0.1, -0.05) is 19.1 Å². The summed E-state index contributed by atoms with van der Waals surface area (Å²) in [5.41, 5.74) is 0.719. The number of nitrogens with zero attached hydrogens (tertiary/aromatic N) is 2. The van der Waals surface area contributed by atoms with E-state index in [4.69, 9.17) is 4.74 Å². The fourth-order valence-corrected chi connectivity index (χ4v) is 3.42. The predicted octanol–water partition coefficient (Wildman–Crippen LogP) is 2.84. The summed E-state index contributed by atoms with van der Waals surface area (Å²) in [5.74, 6) is -0.687. The van der Waals surface area contributed by atoms with Gasteiger partial charge in [0.2, 0.25) is 0 Å².